The summed E-state index contributed by atoms with van der Waals surface area (Å²) in [5, 5.41) is 5.42. The third kappa shape index (κ3) is 5.02. The number of rotatable bonds is 6. The molecule has 58 heavy (non-hydrogen) atoms. The molecule has 2 aliphatic rings. The molecular weight excluding hydrogens is 697 g/mol. The first-order valence-electron chi connectivity index (χ1n) is 20.5. The van der Waals surface area contributed by atoms with E-state index in [1.54, 1.807) is 0 Å². The van der Waals surface area contributed by atoms with Gasteiger partial charge in [0.15, 0.2) is 0 Å². The molecule has 10 aromatic carbocycles. The third-order valence-electron chi connectivity index (χ3n) is 12.7. The molecule has 0 nitrogen and oxygen atoms in total. The third-order valence-corrected chi connectivity index (χ3v) is 12.7. The minimum Gasteiger partial charge on any atom is -0.0622 e. The Bertz CT molecular complexity index is 3010. The van der Waals surface area contributed by atoms with Crippen LogP contribution in [0.3, 0.4) is 0 Å². The van der Waals surface area contributed by atoms with E-state index in [0.717, 1.165) is 12.8 Å². The van der Waals surface area contributed by atoms with Crippen molar-refractivity contribution < 1.29 is 0 Å². The van der Waals surface area contributed by atoms with Crippen molar-refractivity contribution in [2.24, 2.45) is 0 Å². The minimum absolute atomic E-state index is 1.10. The molecule has 12 rings (SSSR count). The summed E-state index contributed by atoms with van der Waals surface area (Å²) in [6.45, 7) is 0. The van der Waals surface area contributed by atoms with Gasteiger partial charge in [-0.25, -0.2) is 0 Å². The van der Waals surface area contributed by atoms with Crippen LogP contribution in [0.4, 0.5) is 0 Å². The van der Waals surface area contributed by atoms with Gasteiger partial charge in [-0.15, -0.1) is 0 Å². The normalized spacial score (nSPS) is 12.3. The molecule has 270 valence electrons. The van der Waals surface area contributed by atoms with Gasteiger partial charge >= 0.3 is 0 Å². The summed E-state index contributed by atoms with van der Waals surface area (Å²) < 4.78 is 0. The molecule has 0 aliphatic heterocycles. The number of fused-ring (bicyclic) bond motifs is 4. The van der Waals surface area contributed by atoms with Gasteiger partial charge in [-0.05, 0) is 147 Å². The molecule has 0 saturated heterocycles. The maximum Gasteiger partial charge on any atom is -0.000718 e. The van der Waals surface area contributed by atoms with E-state index in [2.05, 4.69) is 206 Å². The molecule has 0 fully saturated rings. The fraction of sp³-hybridized carbons (Fsp3) is 0.0345. The van der Waals surface area contributed by atoms with Crippen LogP contribution in [0.1, 0.15) is 11.1 Å². The Morgan fingerprint density at radius 2 is 0.586 bits per heavy atom. The topological polar surface area (TPSA) is 0 Å². The van der Waals surface area contributed by atoms with Crippen LogP contribution in [-0.4, -0.2) is 0 Å². The highest BCUT2D eigenvalue weighted by Crippen LogP contribution is 2.60. The van der Waals surface area contributed by atoms with Crippen molar-refractivity contribution in [2.45, 2.75) is 12.8 Å². The Hall–Kier alpha value is -7.28. The van der Waals surface area contributed by atoms with Gasteiger partial charge < -0.3 is 0 Å². The standard InChI is InChI=1S/C58H38/c1-5-15-37(16-6-1)43-29-31-45(39-19-9-3-10-20-39)51(35-43)54-47-23-13-14-24-48(47)55(58-50-34-28-42-26-25-41-27-33-49(57(54)58)56(50)53(41)42)52-36-44(38-17-7-2-8-18-38)30-32-46(52)40-21-11-4-12-22-40/h1-24,27-36H,25-26H2. The zero-order chi connectivity index (χ0) is 38.2. The predicted molar refractivity (Wildman–Crippen MR) is 246 cm³/mol. The Kier molecular flexibility index (Phi) is 7.46. The van der Waals surface area contributed by atoms with Crippen LogP contribution in [0, 0.1) is 0 Å². The second-order valence-corrected chi connectivity index (χ2v) is 15.8. The maximum absolute atomic E-state index is 2.46. The molecule has 0 bridgehead atoms. The molecule has 0 radical (unpaired) electrons. The highest BCUT2D eigenvalue weighted by Gasteiger charge is 2.34. The van der Waals surface area contributed by atoms with Crippen molar-refractivity contribution in [3.63, 3.8) is 0 Å². The quantitative estimate of drug-likeness (QED) is 0.160. The van der Waals surface area contributed by atoms with E-state index in [1.165, 1.54) is 122 Å². The van der Waals surface area contributed by atoms with Gasteiger partial charge in [0.05, 0.1) is 0 Å². The Morgan fingerprint density at radius 1 is 0.224 bits per heavy atom. The molecular formula is C58H38. The van der Waals surface area contributed by atoms with E-state index in [1.807, 2.05) is 0 Å². The first-order valence-corrected chi connectivity index (χ1v) is 20.5. The minimum atomic E-state index is 1.10. The Labute approximate surface area is 339 Å². The van der Waals surface area contributed by atoms with Gasteiger partial charge in [0.2, 0.25) is 0 Å². The average Bonchev–Trinajstić information content (AvgIpc) is 3.88. The molecule has 0 atom stereocenters. The van der Waals surface area contributed by atoms with Crippen LogP contribution in [0.15, 0.2) is 206 Å². The van der Waals surface area contributed by atoms with Gasteiger partial charge in [-0.1, -0.05) is 194 Å². The molecule has 0 saturated carbocycles. The zero-order valence-corrected chi connectivity index (χ0v) is 32.0. The van der Waals surface area contributed by atoms with Crippen molar-refractivity contribution in [1.82, 2.24) is 0 Å². The molecule has 0 spiro atoms. The van der Waals surface area contributed by atoms with Gasteiger partial charge in [0, 0.05) is 0 Å². The largest absolute Gasteiger partial charge is 0.0622 e. The highest BCUT2D eigenvalue weighted by atomic mass is 14.4. The lowest BCUT2D eigenvalue weighted by Gasteiger charge is -2.24. The number of benzene rings is 10. The van der Waals surface area contributed by atoms with Crippen LogP contribution in [0.2, 0.25) is 0 Å². The van der Waals surface area contributed by atoms with Crippen molar-refractivity contribution in [1.29, 1.82) is 0 Å². The molecule has 0 aromatic heterocycles. The second kappa shape index (κ2) is 13.2. The van der Waals surface area contributed by atoms with E-state index in [9.17, 15) is 0 Å². The fourth-order valence-corrected chi connectivity index (χ4v) is 10.1. The first-order chi connectivity index (χ1) is 28.8. The molecule has 0 unspecified atom stereocenters. The molecule has 0 N–H and O–H groups in total. The monoisotopic (exact) mass is 734 g/mol. The Balaban J connectivity index is 1.27. The lowest BCUT2D eigenvalue weighted by molar-refractivity contribution is 1.02. The summed E-state index contributed by atoms with van der Waals surface area (Å²) in [7, 11) is 0. The van der Waals surface area contributed by atoms with E-state index in [0.29, 0.717) is 0 Å². The van der Waals surface area contributed by atoms with E-state index >= 15 is 0 Å². The summed E-state index contributed by atoms with van der Waals surface area (Å²) in [5.41, 5.74) is 23.2. The van der Waals surface area contributed by atoms with E-state index < -0.39 is 0 Å². The summed E-state index contributed by atoms with van der Waals surface area (Å²) in [5.74, 6) is 0. The van der Waals surface area contributed by atoms with E-state index in [-0.39, 0.29) is 0 Å². The van der Waals surface area contributed by atoms with Crippen LogP contribution in [0.5, 0.6) is 0 Å². The van der Waals surface area contributed by atoms with Crippen molar-refractivity contribution >= 4 is 21.5 Å². The zero-order valence-electron chi connectivity index (χ0n) is 32.0. The Morgan fingerprint density at radius 3 is 1.00 bits per heavy atom. The maximum atomic E-state index is 2.46. The molecule has 0 heteroatoms. The highest BCUT2D eigenvalue weighted by molar-refractivity contribution is 6.29. The van der Waals surface area contributed by atoms with Crippen LogP contribution < -0.4 is 0 Å². The van der Waals surface area contributed by atoms with Gasteiger partial charge in [-0.2, -0.15) is 0 Å². The molecule has 2 aliphatic carbocycles. The summed E-state index contributed by atoms with van der Waals surface area (Å²) >= 11 is 0. The van der Waals surface area contributed by atoms with Crippen LogP contribution in [0.25, 0.3) is 111 Å². The summed E-state index contributed by atoms with van der Waals surface area (Å²) in [4.78, 5) is 0. The van der Waals surface area contributed by atoms with E-state index in [4.69, 9.17) is 0 Å². The number of hydrogen-bond donors (Lipinski definition) is 0. The summed E-state index contributed by atoms with van der Waals surface area (Å²) in [6.07, 6.45) is 2.20. The van der Waals surface area contributed by atoms with Gasteiger partial charge in [-0.3, -0.25) is 0 Å². The lowest BCUT2D eigenvalue weighted by Crippen LogP contribution is -1.97. The summed E-state index contributed by atoms with van der Waals surface area (Å²) in [6, 6.07) is 76.8. The average molecular weight is 735 g/mol. The second-order valence-electron chi connectivity index (χ2n) is 15.8. The van der Waals surface area contributed by atoms with Crippen LogP contribution in [-0.2, 0) is 12.8 Å². The first kappa shape index (κ1) is 32.9. The predicted octanol–water partition coefficient (Wildman–Crippen LogP) is 15.7. The van der Waals surface area contributed by atoms with Gasteiger partial charge in [0.1, 0.15) is 0 Å². The van der Waals surface area contributed by atoms with Crippen molar-refractivity contribution in [2.75, 3.05) is 0 Å². The van der Waals surface area contributed by atoms with Crippen molar-refractivity contribution in [3.05, 3.63) is 217 Å². The number of aryl methyl sites for hydroxylation is 2. The lowest BCUT2D eigenvalue weighted by atomic mass is 9.78. The van der Waals surface area contributed by atoms with Crippen LogP contribution >= 0.6 is 0 Å². The van der Waals surface area contributed by atoms with Gasteiger partial charge in [0.25, 0.3) is 0 Å². The fourth-order valence-electron chi connectivity index (χ4n) is 10.1. The van der Waals surface area contributed by atoms with Crippen molar-refractivity contribution in [3.8, 4) is 89.0 Å². The molecule has 10 aromatic rings. The SMILES string of the molecule is c1ccc(-c2ccc(-c3ccccc3)c(-c3c4c(c(-c5cc(-c6ccccc6)ccc5-c5ccccc5)c5ccccc35)-c3ccc5c6c(ccc-4c36)CC5)c2)cc1. The number of hydrogen-bond acceptors (Lipinski definition) is 0. The molecule has 0 amide bonds. The molecule has 0 heterocycles. The smallest absolute Gasteiger partial charge is 0.000718 e.